The summed E-state index contributed by atoms with van der Waals surface area (Å²) in [5.41, 5.74) is 0. The first-order chi connectivity index (χ1) is 23.6. The van der Waals surface area contributed by atoms with Crippen molar-refractivity contribution in [3.05, 3.63) is 24.3 Å². The Morgan fingerprint density at radius 2 is 0.917 bits per heavy atom. The summed E-state index contributed by atoms with van der Waals surface area (Å²) < 4.78 is 0. The first-order valence-electron chi connectivity index (χ1n) is 21.1. The standard InChI is InChI=1S/C43H83NO4/c1-3-5-7-9-11-13-14-15-16-17-18-19-20-21-22-23-24-25-26-27-28-29-30-32-34-36-38-42(47)44-40(39-45)43(48)41(46)37-35-33-31-12-10-8-6-4-2/h4,6,12,31,40-41,43,45-46,48H,3,5,7-11,13-30,32-39H2,1-2H3,(H,44,47)/b6-4+,31-12+. The van der Waals surface area contributed by atoms with Crippen LogP contribution in [0.15, 0.2) is 24.3 Å². The van der Waals surface area contributed by atoms with Crippen LogP contribution in [0, 0.1) is 0 Å². The molecular weight excluding hydrogens is 594 g/mol. The number of amides is 1. The Morgan fingerprint density at radius 3 is 1.31 bits per heavy atom. The molecule has 284 valence electrons. The van der Waals surface area contributed by atoms with Gasteiger partial charge in [0.05, 0.1) is 18.8 Å². The molecule has 0 fully saturated rings. The van der Waals surface area contributed by atoms with Gasteiger partial charge in [-0.2, -0.15) is 0 Å². The summed E-state index contributed by atoms with van der Waals surface area (Å²) >= 11 is 0. The van der Waals surface area contributed by atoms with Crippen LogP contribution < -0.4 is 5.32 Å². The molecule has 3 atom stereocenters. The number of allylic oxidation sites excluding steroid dienone is 4. The minimum Gasteiger partial charge on any atom is -0.394 e. The summed E-state index contributed by atoms with van der Waals surface area (Å²) in [4.78, 5) is 12.4. The fourth-order valence-corrected chi connectivity index (χ4v) is 6.60. The van der Waals surface area contributed by atoms with Gasteiger partial charge in [-0.05, 0) is 45.4 Å². The SMILES string of the molecule is C/C=C/CC/C=C/CCCC(O)C(O)C(CO)NC(=O)CCCCCCCCCCCCCCCCCCCCCCCCCCCC. The zero-order valence-corrected chi connectivity index (χ0v) is 32.1. The highest BCUT2D eigenvalue weighted by atomic mass is 16.3. The number of hydrogen-bond donors (Lipinski definition) is 4. The topological polar surface area (TPSA) is 89.8 Å². The molecule has 5 heteroatoms. The first-order valence-corrected chi connectivity index (χ1v) is 21.1. The number of aliphatic hydroxyl groups is 3. The van der Waals surface area contributed by atoms with E-state index in [1.54, 1.807) is 0 Å². The molecule has 0 saturated heterocycles. The molecule has 0 aromatic carbocycles. The van der Waals surface area contributed by atoms with Gasteiger partial charge in [-0.1, -0.05) is 192 Å². The van der Waals surface area contributed by atoms with Gasteiger partial charge in [0.15, 0.2) is 0 Å². The summed E-state index contributed by atoms with van der Waals surface area (Å²) in [6, 6.07) is -0.826. The summed E-state index contributed by atoms with van der Waals surface area (Å²) in [5, 5.41) is 33.2. The van der Waals surface area contributed by atoms with Crippen molar-refractivity contribution >= 4 is 5.91 Å². The lowest BCUT2D eigenvalue weighted by molar-refractivity contribution is -0.124. The van der Waals surface area contributed by atoms with E-state index in [9.17, 15) is 20.1 Å². The van der Waals surface area contributed by atoms with Gasteiger partial charge in [-0.15, -0.1) is 0 Å². The summed E-state index contributed by atoms with van der Waals surface area (Å²) in [5.74, 6) is -0.159. The van der Waals surface area contributed by atoms with Crippen molar-refractivity contribution in [1.29, 1.82) is 0 Å². The van der Waals surface area contributed by atoms with Gasteiger partial charge in [-0.25, -0.2) is 0 Å². The summed E-state index contributed by atoms with van der Waals surface area (Å²) in [6.45, 7) is 3.93. The lowest BCUT2D eigenvalue weighted by atomic mass is 10.0. The second-order valence-electron chi connectivity index (χ2n) is 14.6. The largest absolute Gasteiger partial charge is 0.394 e. The Labute approximate surface area is 299 Å². The fourth-order valence-electron chi connectivity index (χ4n) is 6.60. The minimum atomic E-state index is -1.16. The van der Waals surface area contributed by atoms with Crippen molar-refractivity contribution < 1.29 is 20.1 Å². The molecule has 3 unspecified atom stereocenters. The van der Waals surface area contributed by atoms with Crippen LogP contribution in [-0.4, -0.2) is 46.1 Å². The van der Waals surface area contributed by atoms with Crippen LogP contribution in [0.4, 0.5) is 0 Å². The predicted octanol–water partition coefficient (Wildman–Crippen LogP) is 11.8. The molecule has 4 N–H and O–H groups in total. The normalized spacial score (nSPS) is 13.9. The molecule has 0 aliphatic carbocycles. The van der Waals surface area contributed by atoms with E-state index in [-0.39, 0.29) is 12.5 Å². The molecule has 0 aromatic heterocycles. The second kappa shape index (κ2) is 38.6. The summed E-state index contributed by atoms with van der Waals surface area (Å²) in [6.07, 6.45) is 46.2. The Balaban J connectivity index is 3.49. The van der Waals surface area contributed by atoms with Gasteiger partial charge in [0.25, 0.3) is 0 Å². The van der Waals surface area contributed by atoms with Gasteiger partial charge in [0.2, 0.25) is 5.91 Å². The number of hydrogen-bond acceptors (Lipinski definition) is 4. The third-order valence-corrected chi connectivity index (χ3v) is 9.88. The van der Waals surface area contributed by atoms with E-state index in [0.717, 1.165) is 44.9 Å². The molecule has 0 aromatic rings. The van der Waals surface area contributed by atoms with Crippen molar-refractivity contribution in [3.63, 3.8) is 0 Å². The number of carbonyl (C=O) groups is 1. The van der Waals surface area contributed by atoms with Crippen LogP contribution in [0.25, 0.3) is 0 Å². The molecule has 0 aliphatic rings. The molecule has 48 heavy (non-hydrogen) atoms. The van der Waals surface area contributed by atoms with Gasteiger partial charge in [-0.3, -0.25) is 4.79 Å². The molecule has 0 radical (unpaired) electrons. The average molecular weight is 678 g/mol. The molecule has 0 saturated carbocycles. The van der Waals surface area contributed by atoms with Crippen molar-refractivity contribution in [1.82, 2.24) is 5.32 Å². The number of rotatable bonds is 38. The van der Waals surface area contributed by atoms with Gasteiger partial charge in [0.1, 0.15) is 6.10 Å². The maximum atomic E-state index is 12.4. The van der Waals surface area contributed by atoms with Gasteiger partial charge < -0.3 is 20.6 Å². The predicted molar refractivity (Wildman–Crippen MR) is 208 cm³/mol. The van der Waals surface area contributed by atoms with E-state index in [0.29, 0.717) is 12.8 Å². The zero-order valence-electron chi connectivity index (χ0n) is 32.1. The molecular formula is C43H83NO4. The number of aliphatic hydroxyl groups excluding tert-OH is 3. The lowest BCUT2D eigenvalue weighted by Gasteiger charge is -2.26. The average Bonchev–Trinajstić information content (AvgIpc) is 3.09. The molecule has 0 spiro atoms. The maximum Gasteiger partial charge on any atom is 0.220 e. The Morgan fingerprint density at radius 1 is 0.542 bits per heavy atom. The van der Waals surface area contributed by atoms with Crippen LogP contribution in [-0.2, 0) is 4.79 Å². The lowest BCUT2D eigenvalue weighted by Crippen LogP contribution is -2.50. The molecule has 0 aliphatic heterocycles. The van der Waals surface area contributed by atoms with Crippen LogP contribution in [0.2, 0.25) is 0 Å². The van der Waals surface area contributed by atoms with E-state index in [2.05, 4.69) is 30.5 Å². The van der Waals surface area contributed by atoms with Crippen molar-refractivity contribution in [2.75, 3.05) is 6.61 Å². The van der Waals surface area contributed by atoms with Gasteiger partial charge in [0, 0.05) is 6.42 Å². The van der Waals surface area contributed by atoms with Crippen molar-refractivity contribution in [3.8, 4) is 0 Å². The third-order valence-electron chi connectivity index (χ3n) is 9.88. The Hall–Kier alpha value is -1.17. The molecule has 1 amide bonds. The van der Waals surface area contributed by atoms with E-state index in [4.69, 9.17) is 0 Å². The second-order valence-corrected chi connectivity index (χ2v) is 14.6. The monoisotopic (exact) mass is 678 g/mol. The number of carbonyl (C=O) groups excluding carboxylic acids is 1. The van der Waals surface area contributed by atoms with E-state index >= 15 is 0 Å². The molecule has 5 nitrogen and oxygen atoms in total. The van der Waals surface area contributed by atoms with Crippen LogP contribution >= 0.6 is 0 Å². The van der Waals surface area contributed by atoms with Crippen LogP contribution in [0.1, 0.15) is 219 Å². The van der Waals surface area contributed by atoms with E-state index < -0.39 is 18.2 Å². The van der Waals surface area contributed by atoms with Crippen molar-refractivity contribution in [2.24, 2.45) is 0 Å². The molecule has 0 rings (SSSR count). The van der Waals surface area contributed by atoms with E-state index in [1.807, 2.05) is 13.0 Å². The quantitative estimate of drug-likeness (QED) is 0.0387. The maximum absolute atomic E-state index is 12.4. The van der Waals surface area contributed by atoms with Gasteiger partial charge >= 0.3 is 0 Å². The highest BCUT2D eigenvalue weighted by molar-refractivity contribution is 5.76. The minimum absolute atomic E-state index is 0.159. The smallest absolute Gasteiger partial charge is 0.220 e. The third kappa shape index (κ3) is 33.3. The highest BCUT2D eigenvalue weighted by Crippen LogP contribution is 2.16. The first kappa shape index (κ1) is 46.8. The zero-order chi connectivity index (χ0) is 35.2. The van der Waals surface area contributed by atoms with E-state index in [1.165, 1.54) is 148 Å². The summed E-state index contributed by atoms with van der Waals surface area (Å²) in [7, 11) is 0. The van der Waals surface area contributed by atoms with Crippen LogP contribution in [0.3, 0.4) is 0 Å². The fraction of sp³-hybridized carbons (Fsp3) is 0.884. The Kier molecular flexibility index (Phi) is 37.7. The molecule has 0 heterocycles. The van der Waals surface area contributed by atoms with Crippen LogP contribution in [0.5, 0.6) is 0 Å². The number of nitrogens with one attached hydrogen (secondary N) is 1. The highest BCUT2D eigenvalue weighted by Gasteiger charge is 2.26. The number of unbranched alkanes of at least 4 members (excludes halogenated alkanes) is 27. The molecule has 0 bridgehead atoms. The van der Waals surface area contributed by atoms with Crippen molar-refractivity contribution in [2.45, 2.75) is 238 Å². The Bertz CT molecular complexity index is 709.